The summed E-state index contributed by atoms with van der Waals surface area (Å²) in [5, 5.41) is 13.0. The fraction of sp³-hybridized carbons (Fsp3) is 0.917. The van der Waals surface area contributed by atoms with Gasteiger partial charge in [-0.15, -0.1) is 0 Å². The molecule has 1 N–H and O–H groups in total. The first kappa shape index (κ1) is 11.8. The van der Waals surface area contributed by atoms with Gasteiger partial charge in [-0.05, 0) is 39.9 Å². The van der Waals surface area contributed by atoms with Crippen molar-refractivity contribution < 1.29 is 0 Å². The van der Waals surface area contributed by atoms with Gasteiger partial charge in [-0.3, -0.25) is 10.2 Å². The third-order valence-electron chi connectivity index (χ3n) is 3.92. The van der Waals surface area contributed by atoms with E-state index in [-0.39, 0.29) is 5.54 Å². The molecule has 2 aliphatic rings. The molecule has 2 fully saturated rings. The zero-order valence-electron chi connectivity index (χ0n) is 10.4. The van der Waals surface area contributed by atoms with Crippen LogP contribution in [-0.4, -0.2) is 61.7 Å². The maximum Gasteiger partial charge on any atom is 0.123 e. The maximum absolute atomic E-state index is 9.48. The fourth-order valence-corrected chi connectivity index (χ4v) is 3.02. The molecule has 2 rings (SSSR count). The number of fused-ring (bicyclic) bond motifs is 1. The van der Waals surface area contributed by atoms with Gasteiger partial charge in [-0.2, -0.15) is 5.26 Å². The van der Waals surface area contributed by atoms with Crippen molar-refractivity contribution in [3.8, 4) is 6.07 Å². The van der Waals surface area contributed by atoms with Crippen LogP contribution in [-0.2, 0) is 0 Å². The Labute approximate surface area is 98.2 Å². The molecule has 0 spiro atoms. The Balaban J connectivity index is 1.95. The van der Waals surface area contributed by atoms with Gasteiger partial charge in [0.2, 0.25) is 0 Å². The van der Waals surface area contributed by atoms with Gasteiger partial charge in [-0.25, -0.2) is 0 Å². The lowest BCUT2D eigenvalue weighted by molar-refractivity contribution is 0.259. The second-order valence-corrected chi connectivity index (χ2v) is 5.26. The minimum atomic E-state index is -0.271. The second-order valence-electron chi connectivity index (χ2n) is 5.26. The van der Waals surface area contributed by atoms with Crippen molar-refractivity contribution in [2.24, 2.45) is 0 Å². The number of nitrogens with one attached hydrogen (secondary N) is 1. The van der Waals surface area contributed by atoms with Crippen LogP contribution < -0.4 is 5.32 Å². The normalized spacial score (nSPS) is 34.2. The molecule has 0 aliphatic carbocycles. The van der Waals surface area contributed by atoms with Crippen LogP contribution in [0.5, 0.6) is 0 Å². The summed E-state index contributed by atoms with van der Waals surface area (Å²) in [6.07, 6.45) is 3.42. The summed E-state index contributed by atoms with van der Waals surface area (Å²) in [6.45, 7) is 4.18. The van der Waals surface area contributed by atoms with Crippen molar-refractivity contribution >= 4 is 0 Å². The fourth-order valence-electron chi connectivity index (χ4n) is 3.02. The molecule has 2 atom stereocenters. The molecule has 2 aliphatic heterocycles. The van der Waals surface area contributed by atoms with E-state index in [0.717, 1.165) is 26.1 Å². The van der Waals surface area contributed by atoms with Crippen LogP contribution in [0.3, 0.4) is 0 Å². The monoisotopic (exact) mass is 222 g/mol. The molecule has 2 heterocycles. The third kappa shape index (κ3) is 2.08. The Morgan fingerprint density at radius 1 is 1.50 bits per heavy atom. The molecule has 16 heavy (non-hydrogen) atoms. The van der Waals surface area contributed by atoms with E-state index in [9.17, 15) is 5.26 Å². The predicted molar refractivity (Wildman–Crippen MR) is 64.1 cm³/mol. The van der Waals surface area contributed by atoms with Gasteiger partial charge in [0.25, 0.3) is 0 Å². The lowest BCUT2D eigenvalue weighted by atomic mass is 9.90. The van der Waals surface area contributed by atoms with Crippen LogP contribution in [0.15, 0.2) is 0 Å². The SMILES string of the molecule is CN(C)CCNC1(C#N)CCN2CCCC21. The summed E-state index contributed by atoms with van der Waals surface area (Å²) in [4.78, 5) is 4.63. The molecular weight excluding hydrogens is 200 g/mol. The molecule has 0 aromatic carbocycles. The molecule has 0 aromatic heterocycles. The van der Waals surface area contributed by atoms with Gasteiger partial charge in [-0.1, -0.05) is 0 Å². The van der Waals surface area contributed by atoms with Crippen molar-refractivity contribution in [1.29, 1.82) is 5.26 Å². The molecule has 0 bridgehead atoms. The number of hydrogen-bond donors (Lipinski definition) is 1. The predicted octanol–water partition coefficient (Wildman–Crippen LogP) is 0.268. The van der Waals surface area contributed by atoms with Crippen LogP contribution in [0.4, 0.5) is 0 Å². The van der Waals surface area contributed by atoms with E-state index in [0.29, 0.717) is 6.04 Å². The number of nitrogens with zero attached hydrogens (tertiary/aromatic N) is 3. The topological polar surface area (TPSA) is 42.3 Å². The number of hydrogen-bond acceptors (Lipinski definition) is 4. The van der Waals surface area contributed by atoms with Crippen LogP contribution >= 0.6 is 0 Å². The summed E-state index contributed by atoms with van der Waals surface area (Å²) in [7, 11) is 4.13. The molecule has 4 nitrogen and oxygen atoms in total. The Kier molecular flexibility index (Phi) is 3.48. The average molecular weight is 222 g/mol. The third-order valence-corrected chi connectivity index (χ3v) is 3.92. The van der Waals surface area contributed by atoms with Crippen LogP contribution in [0.25, 0.3) is 0 Å². The minimum Gasteiger partial charge on any atom is -0.308 e. The van der Waals surface area contributed by atoms with Crippen LogP contribution in [0, 0.1) is 11.3 Å². The number of nitriles is 1. The largest absolute Gasteiger partial charge is 0.308 e. The van der Waals surface area contributed by atoms with E-state index in [2.05, 4.69) is 35.3 Å². The quantitative estimate of drug-likeness (QED) is 0.741. The van der Waals surface area contributed by atoms with Gasteiger partial charge in [0.05, 0.1) is 6.07 Å². The lowest BCUT2D eigenvalue weighted by Gasteiger charge is -2.30. The minimum absolute atomic E-state index is 0.271. The van der Waals surface area contributed by atoms with E-state index >= 15 is 0 Å². The number of rotatable bonds is 4. The molecule has 2 saturated heterocycles. The highest BCUT2D eigenvalue weighted by atomic mass is 15.3. The first-order chi connectivity index (χ1) is 7.68. The highest BCUT2D eigenvalue weighted by Gasteiger charge is 2.49. The molecular formula is C12H22N4. The van der Waals surface area contributed by atoms with Crippen molar-refractivity contribution in [1.82, 2.24) is 15.1 Å². The molecule has 90 valence electrons. The molecule has 0 amide bonds. The summed E-state index contributed by atoms with van der Waals surface area (Å²) < 4.78 is 0. The Morgan fingerprint density at radius 3 is 3.00 bits per heavy atom. The molecule has 4 heteroatoms. The van der Waals surface area contributed by atoms with Crippen LogP contribution in [0.1, 0.15) is 19.3 Å². The van der Waals surface area contributed by atoms with Gasteiger partial charge in [0.1, 0.15) is 5.54 Å². The summed E-state index contributed by atoms with van der Waals surface area (Å²) >= 11 is 0. The first-order valence-electron chi connectivity index (χ1n) is 6.23. The summed E-state index contributed by atoms with van der Waals surface area (Å²) in [5.74, 6) is 0. The Hall–Kier alpha value is -0.630. The summed E-state index contributed by atoms with van der Waals surface area (Å²) in [5.41, 5.74) is -0.271. The standard InChI is InChI=1S/C12H22N4/c1-15(2)9-6-14-12(10-13)5-8-16-7-3-4-11(12)16/h11,14H,3-9H2,1-2H3. The molecule has 0 radical (unpaired) electrons. The summed E-state index contributed by atoms with van der Waals surface area (Å²) in [6, 6.07) is 3.01. The van der Waals surface area contributed by atoms with Gasteiger partial charge in [0.15, 0.2) is 0 Å². The zero-order valence-corrected chi connectivity index (χ0v) is 10.4. The molecule has 0 aromatic rings. The maximum atomic E-state index is 9.48. The second kappa shape index (κ2) is 4.70. The smallest absolute Gasteiger partial charge is 0.123 e. The highest BCUT2D eigenvalue weighted by Crippen LogP contribution is 2.35. The Bertz CT molecular complexity index is 283. The average Bonchev–Trinajstić information content (AvgIpc) is 2.81. The molecule has 0 saturated carbocycles. The van der Waals surface area contributed by atoms with E-state index < -0.39 is 0 Å². The van der Waals surface area contributed by atoms with Gasteiger partial charge < -0.3 is 4.90 Å². The Morgan fingerprint density at radius 2 is 2.31 bits per heavy atom. The van der Waals surface area contributed by atoms with Crippen LogP contribution in [0.2, 0.25) is 0 Å². The van der Waals surface area contributed by atoms with E-state index in [1.807, 2.05) is 0 Å². The van der Waals surface area contributed by atoms with Gasteiger partial charge >= 0.3 is 0 Å². The van der Waals surface area contributed by atoms with E-state index in [1.54, 1.807) is 0 Å². The number of likely N-dealkylation sites (N-methyl/N-ethyl adjacent to an activating group) is 1. The molecule has 2 unspecified atom stereocenters. The van der Waals surface area contributed by atoms with Crippen molar-refractivity contribution in [2.45, 2.75) is 30.8 Å². The van der Waals surface area contributed by atoms with E-state index in [1.165, 1.54) is 19.4 Å². The van der Waals surface area contributed by atoms with E-state index in [4.69, 9.17) is 0 Å². The highest BCUT2D eigenvalue weighted by molar-refractivity contribution is 5.19. The van der Waals surface area contributed by atoms with Gasteiger partial charge in [0, 0.05) is 25.7 Å². The van der Waals surface area contributed by atoms with Crippen molar-refractivity contribution in [2.75, 3.05) is 40.3 Å². The van der Waals surface area contributed by atoms with Crippen molar-refractivity contribution in [3.05, 3.63) is 0 Å². The first-order valence-corrected chi connectivity index (χ1v) is 6.23. The lowest BCUT2D eigenvalue weighted by Crippen LogP contribution is -2.53. The zero-order chi connectivity index (χ0) is 11.6. The van der Waals surface area contributed by atoms with Crippen molar-refractivity contribution in [3.63, 3.8) is 0 Å².